The minimum Gasteiger partial charge on any atom is -0.455 e. The summed E-state index contributed by atoms with van der Waals surface area (Å²) in [4.78, 5) is 37.5. The Hall–Kier alpha value is -4.35. The van der Waals surface area contributed by atoms with Gasteiger partial charge in [-0.1, -0.05) is 0 Å². The molecule has 0 aliphatic heterocycles. The maximum absolute atomic E-state index is 14.4. The van der Waals surface area contributed by atoms with Crippen LogP contribution in [0.1, 0.15) is 49.2 Å². The third-order valence-corrected chi connectivity index (χ3v) is 6.78. The molecule has 1 amide bonds. The normalized spacial score (nSPS) is 15.2. The quantitative estimate of drug-likeness (QED) is 0.343. The smallest absolute Gasteiger partial charge is 0.274 e. The van der Waals surface area contributed by atoms with E-state index >= 15 is 0 Å². The predicted molar refractivity (Wildman–Crippen MR) is 136 cm³/mol. The maximum Gasteiger partial charge on any atom is 0.274 e. The molecule has 2 saturated carbocycles. The zero-order valence-electron chi connectivity index (χ0n) is 20.7. The molecule has 10 nitrogen and oxygen atoms in total. The number of anilines is 3. The summed E-state index contributed by atoms with van der Waals surface area (Å²) >= 11 is 0. The van der Waals surface area contributed by atoms with Gasteiger partial charge in [0.15, 0.2) is 11.4 Å². The van der Waals surface area contributed by atoms with Crippen LogP contribution in [0.4, 0.5) is 26.2 Å². The van der Waals surface area contributed by atoms with Crippen molar-refractivity contribution in [3.63, 3.8) is 0 Å². The summed E-state index contributed by atoms with van der Waals surface area (Å²) in [5.41, 5.74) is 0.864. The Balaban J connectivity index is 1.34. The zero-order chi connectivity index (χ0) is 26.6. The van der Waals surface area contributed by atoms with Gasteiger partial charge >= 0.3 is 0 Å². The Bertz CT molecular complexity index is 1620. The topological polar surface area (TPSA) is 116 Å². The monoisotopic (exact) mass is 521 g/mol. The molecule has 0 aromatic carbocycles. The van der Waals surface area contributed by atoms with Crippen LogP contribution in [0.5, 0.6) is 11.5 Å². The molecule has 4 aromatic rings. The van der Waals surface area contributed by atoms with Crippen molar-refractivity contribution in [1.29, 1.82) is 0 Å². The molecule has 2 aliphatic rings. The molecular weight excluding hydrogens is 496 g/mol. The van der Waals surface area contributed by atoms with Gasteiger partial charge in [0, 0.05) is 38.5 Å². The van der Waals surface area contributed by atoms with E-state index in [0.717, 1.165) is 31.2 Å². The molecule has 4 aromatic heterocycles. The minimum atomic E-state index is -2.90. The molecule has 4 heterocycles. The van der Waals surface area contributed by atoms with E-state index < -0.39 is 12.0 Å². The van der Waals surface area contributed by atoms with Gasteiger partial charge in [-0.05, 0) is 49.3 Å². The number of carbonyl (C=O) groups is 1. The van der Waals surface area contributed by atoms with E-state index in [1.54, 1.807) is 20.2 Å². The highest BCUT2D eigenvalue weighted by molar-refractivity contribution is 5.93. The highest BCUT2D eigenvalue weighted by Crippen LogP contribution is 2.41. The third kappa shape index (κ3) is 4.57. The number of halogens is 2. The van der Waals surface area contributed by atoms with Crippen LogP contribution in [0.15, 0.2) is 41.6 Å². The van der Waals surface area contributed by atoms with Crippen molar-refractivity contribution in [2.24, 2.45) is 20.0 Å². The average Bonchev–Trinajstić information content (AvgIpc) is 3.80. The maximum atomic E-state index is 14.4. The van der Waals surface area contributed by atoms with Crippen molar-refractivity contribution in [2.75, 3.05) is 10.6 Å². The lowest BCUT2D eigenvalue weighted by Gasteiger charge is -2.13. The fraction of sp³-hybridized carbons (Fsp3) is 0.346. The Morgan fingerprint density at radius 2 is 1.95 bits per heavy atom. The van der Waals surface area contributed by atoms with Gasteiger partial charge in [0.2, 0.25) is 11.9 Å². The number of aromatic nitrogens is 5. The van der Waals surface area contributed by atoms with Crippen LogP contribution in [-0.2, 0) is 18.9 Å². The molecule has 196 valence electrons. The standard InChI is InChI=1S/C26H25F2N7O3/c1-34-12-15(13-3-4-13)9-17(25(34)37)31-26-33-23-21(35(26)2)20(22(27)28)18(11-30-23)38-16-7-8-29-19(10-16)32-24(36)14-5-6-14/h7-14,22H,3-6H2,1-2H3,(H,29,32,36)(H,30,31,33). The average molecular weight is 522 g/mol. The van der Waals surface area contributed by atoms with E-state index in [1.807, 2.05) is 6.20 Å². The van der Waals surface area contributed by atoms with Gasteiger partial charge in [0.05, 0.1) is 11.8 Å². The number of carbonyl (C=O) groups excluding carboxylic acids is 1. The largest absolute Gasteiger partial charge is 0.455 e. The van der Waals surface area contributed by atoms with Crippen LogP contribution in [0.3, 0.4) is 0 Å². The summed E-state index contributed by atoms with van der Waals surface area (Å²) in [6.07, 6.45) is 5.36. The molecule has 6 rings (SSSR count). The summed E-state index contributed by atoms with van der Waals surface area (Å²) < 4.78 is 37.5. The summed E-state index contributed by atoms with van der Waals surface area (Å²) in [7, 11) is 3.25. The zero-order valence-corrected chi connectivity index (χ0v) is 20.7. The molecule has 2 N–H and O–H groups in total. The number of amides is 1. The number of rotatable bonds is 8. The van der Waals surface area contributed by atoms with Crippen LogP contribution in [-0.4, -0.2) is 30.0 Å². The van der Waals surface area contributed by atoms with Crippen molar-refractivity contribution < 1.29 is 18.3 Å². The molecule has 2 aliphatic carbocycles. The molecule has 0 spiro atoms. The van der Waals surface area contributed by atoms with E-state index in [0.29, 0.717) is 11.6 Å². The molecule has 0 saturated heterocycles. The van der Waals surface area contributed by atoms with Crippen molar-refractivity contribution in [1.82, 2.24) is 24.1 Å². The minimum absolute atomic E-state index is 0.0116. The van der Waals surface area contributed by atoms with Gasteiger partial charge in [-0.15, -0.1) is 0 Å². The highest BCUT2D eigenvalue weighted by atomic mass is 19.3. The van der Waals surface area contributed by atoms with Gasteiger partial charge in [0.1, 0.15) is 22.8 Å². The molecule has 38 heavy (non-hydrogen) atoms. The lowest BCUT2D eigenvalue weighted by atomic mass is 10.2. The number of fused-ring (bicyclic) bond motifs is 1. The Morgan fingerprint density at radius 3 is 2.66 bits per heavy atom. The molecule has 0 radical (unpaired) electrons. The molecule has 0 atom stereocenters. The van der Waals surface area contributed by atoms with E-state index in [4.69, 9.17) is 4.74 Å². The van der Waals surface area contributed by atoms with E-state index in [1.165, 1.54) is 33.7 Å². The highest BCUT2D eigenvalue weighted by Gasteiger charge is 2.30. The molecule has 0 bridgehead atoms. The first kappa shape index (κ1) is 24.0. The number of aryl methyl sites for hydroxylation is 2. The number of pyridine rings is 3. The Kier molecular flexibility index (Phi) is 5.81. The predicted octanol–water partition coefficient (Wildman–Crippen LogP) is 4.76. The first-order chi connectivity index (χ1) is 18.3. The molecule has 2 fully saturated rings. The van der Waals surface area contributed by atoms with Gasteiger partial charge in [-0.25, -0.2) is 18.7 Å². The van der Waals surface area contributed by atoms with E-state index in [-0.39, 0.29) is 51.8 Å². The summed E-state index contributed by atoms with van der Waals surface area (Å²) in [6.45, 7) is 0. The lowest BCUT2D eigenvalue weighted by Crippen LogP contribution is -2.20. The van der Waals surface area contributed by atoms with Crippen LogP contribution >= 0.6 is 0 Å². The second kappa shape index (κ2) is 9.19. The number of hydrogen-bond acceptors (Lipinski definition) is 7. The number of ether oxygens (including phenoxy) is 1. The first-order valence-corrected chi connectivity index (χ1v) is 12.3. The first-order valence-electron chi connectivity index (χ1n) is 12.3. The fourth-order valence-corrected chi connectivity index (χ4v) is 4.42. The lowest BCUT2D eigenvalue weighted by molar-refractivity contribution is -0.117. The van der Waals surface area contributed by atoms with Gasteiger partial charge in [-0.3, -0.25) is 9.59 Å². The van der Waals surface area contributed by atoms with E-state index in [2.05, 4.69) is 25.6 Å². The Morgan fingerprint density at radius 1 is 1.16 bits per heavy atom. The van der Waals surface area contributed by atoms with E-state index in [9.17, 15) is 18.4 Å². The van der Waals surface area contributed by atoms with Crippen molar-refractivity contribution in [2.45, 2.75) is 38.0 Å². The van der Waals surface area contributed by atoms with Crippen LogP contribution in [0, 0.1) is 5.92 Å². The van der Waals surface area contributed by atoms with Crippen LogP contribution in [0.2, 0.25) is 0 Å². The summed E-state index contributed by atoms with van der Waals surface area (Å²) in [5, 5.41) is 5.73. The van der Waals surface area contributed by atoms with Crippen molar-refractivity contribution in [3.05, 3.63) is 58.3 Å². The number of hydrogen-bond donors (Lipinski definition) is 2. The second-order valence-corrected chi connectivity index (χ2v) is 9.75. The van der Waals surface area contributed by atoms with Gasteiger partial charge < -0.3 is 24.5 Å². The van der Waals surface area contributed by atoms with Crippen LogP contribution < -0.4 is 20.9 Å². The SMILES string of the molecule is Cn1cc(C2CC2)cc(Nc2nc3ncc(Oc4ccnc(NC(=O)C5CC5)c4)c(C(F)F)c3n2C)c1=O. The third-order valence-electron chi connectivity index (χ3n) is 6.78. The van der Waals surface area contributed by atoms with Gasteiger partial charge in [-0.2, -0.15) is 4.98 Å². The van der Waals surface area contributed by atoms with Crippen molar-refractivity contribution in [3.8, 4) is 11.5 Å². The summed E-state index contributed by atoms with van der Waals surface area (Å²) in [5.74, 6) is 0.820. The molecule has 0 unspecified atom stereocenters. The van der Waals surface area contributed by atoms with Gasteiger partial charge in [0.25, 0.3) is 12.0 Å². The number of nitrogens with zero attached hydrogens (tertiary/aromatic N) is 5. The number of alkyl halides is 2. The van der Waals surface area contributed by atoms with Crippen molar-refractivity contribution >= 4 is 34.5 Å². The second-order valence-electron chi connectivity index (χ2n) is 9.75. The summed E-state index contributed by atoms with van der Waals surface area (Å²) in [6, 6.07) is 4.77. The Labute approximate surface area is 215 Å². The molecule has 12 heteroatoms. The fourth-order valence-electron chi connectivity index (χ4n) is 4.42. The molecular formula is C26H25F2N7O3. The van der Waals surface area contributed by atoms with Crippen LogP contribution in [0.25, 0.3) is 11.2 Å². The number of imidazole rings is 1. The number of nitrogens with one attached hydrogen (secondary N) is 2.